The molecule has 1 aliphatic carbocycles. The Hall–Kier alpha value is -2.16. The molecule has 34 heavy (non-hydrogen) atoms. The van der Waals surface area contributed by atoms with Gasteiger partial charge in [-0.3, -0.25) is 4.79 Å². The van der Waals surface area contributed by atoms with Crippen LogP contribution in [0.5, 0.6) is 5.88 Å². The summed E-state index contributed by atoms with van der Waals surface area (Å²) in [5.41, 5.74) is 6.45. The van der Waals surface area contributed by atoms with Crippen molar-refractivity contribution in [2.75, 3.05) is 39.8 Å². The van der Waals surface area contributed by atoms with Crippen molar-refractivity contribution in [3.63, 3.8) is 0 Å². The number of amides is 1. The maximum atomic E-state index is 13.4. The molecule has 7 nitrogen and oxygen atoms in total. The van der Waals surface area contributed by atoms with Gasteiger partial charge in [0.15, 0.2) is 5.76 Å². The fourth-order valence-electron chi connectivity index (χ4n) is 5.61. The average Bonchev–Trinajstić information content (AvgIpc) is 3.17. The Morgan fingerprint density at radius 1 is 1.38 bits per heavy atom. The first-order valence-corrected chi connectivity index (χ1v) is 12.5. The molecule has 3 fully saturated rings. The molecule has 2 saturated heterocycles. The Morgan fingerprint density at radius 3 is 2.65 bits per heavy atom. The first-order chi connectivity index (χ1) is 16.0. The van der Waals surface area contributed by atoms with E-state index in [4.69, 9.17) is 15.0 Å². The second-order valence-electron chi connectivity index (χ2n) is 11.2. The van der Waals surface area contributed by atoms with Crippen LogP contribution in [-0.4, -0.2) is 72.2 Å². The van der Waals surface area contributed by atoms with Crippen LogP contribution in [0.4, 0.5) is 8.78 Å². The zero-order valence-corrected chi connectivity index (χ0v) is 20.6. The van der Waals surface area contributed by atoms with Crippen molar-refractivity contribution >= 4 is 5.91 Å². The van der Waals surface area contributed by atoms with Crippen molar-refractivity contribution in [1.29, 1.82) is 0 Å². The van der Waals surface area contributed by atoms with Crippen LogP contribution in [0.3, 0.4) is 0 Å². The molecule has 0 aromatic carbocycles. The van der Waals surface area contributed by atoms with E-state index in [0.29, 0.717) is 43.0 Å². The summed E-state index contributed by atoms with van der Waals surface area (Å²) in [6.45, 7) is 11.3. The molecule has 1 saturated carbocycles. The van der Waals surface area contributed by atoms with Crippen LogP contribution in [0.1, 0.15) is 57.6 Å². The fourth-order valence-corrected chi connectivity index (χ4v) is 5.61. The summed E-state index contributed by atoms with van der Waals surface area (Å²) in [6, 6.07) is 1.59. The Kier molecular flexibility index (Phi) is 6.95. The van der Waals surface area contributed by atoms with Crippen LogP contribution in [0.25, 0.3) is 0 Å². The zero-order valence-electron chi connectivity index (χ0n) is 20.6. The third-order valence-corrected chi connectivity index (χ3v) is 7.95. The van der Waals surface area contributed by atoms with E-state index in [2.05, 4.69) is 18.8 Å². The molecule has 2 N–H and O–H groups in total. The number of ether oxygens (including phenoxy) is 1. The van der Waals surface area contributed by atoms with E-state index in [0.717, 1.165) is 43.3 Å². The minimum Gasteiger partial charge on any atom is -0.475 e. The fraction of sp³-hybridized carbons (Fsp3) is 0.760. The number of hydrogen-bond donors (Lipinski definition) is 1. The quantitative estimate of drug-likeness (QED) is 0.543. The van der Waals surface area contributed by atoms with Gasteiger partial charge >= 0.3 is 0 Å². The van der Waals surface area contributed by atoms with E-state index in [1.165, 1.54) is 0 Å². The Balaban J connectivity index is 1.30. The molecule has 0 spiro atoms. The number of aromatic nitrogens is 1. The number of alkyl halides is 2. The van der Waals surface area contributed by atoms with Gasteiger partial charge in [0.05, 0.1) is 45.2 Å². The molecular weight excluding hydrogens is 442 g/mol. The van der Waals surface area contributed by atoms with Gasteiger partial charge in [-0.15, -0.1) is 0 Å². The molecule has 1 aromatic rings. The van der Waals surface area contributed by atoms with E-state index in [9.17, 15) is 13.6 Å². The number of quaternary nitrogens is 1. The number of rotatable bonds is 9. The number of halogens is 2. The summed E-state index contributed by atoms with van der Waals surface area (Å²) in [5, 5.41) is 4.06. The average molecular weight is 482 g/mol. The maximum absolute atomic E-state index is 13.4. The number of piperidine rings is 1. The summed E-state index contributed by atoms with van der Waals surface area (Å²) in [4.78, 5) is 15.2. The number of nitrogens with zero attached hydrogens (tertiary/aromatic N) is 3. The van der Waals surface area contributed by atoms with Gasteiger partial charge in [-0.05, 0) is 23.9 Å². The van der Waals surface area contributed by atoms with Crippen LogP contribution < -0.4 is 10.5 Å². The lowest BCUT2D eigenvalue weighted by Gasteiger charge is -2.40. The Labute approximate surface area is 200 Å². The van der Waals surface area contributed by atoms with Gasteiger partial charge in [0.2, 0.25) is 5.91 Å². The predicted octanol–water partition coefficient (Wildman–Crippen LogP) is 3.77. The van der Waals surface area contributed by atoms with E-state index in [-0.39, 0.29) is 24.3 Å². The SMILES string of the molecule is C=C(N)C1CCCN1C(=O)C(c1cc(OCC2CC[N+](C)(CC3CC3(F)F)CC2)no1)C(C)C. The largest absolute Gasteiger partial charge is 0.475 e. The van der Waals surface area contributed by atoms with E-state index >= 15 is 0 Å². The van der Waals surface area contributed by atoms with Crippen LogP contribution >= 0.6 is 0 Å². The van der Waals surface area contributed by atoms with Gasteiger partial charge < -0.3 is 24.4 Å². The van der Waals surface area contributed by atoms with Gasteiger partial charge in [0.25, 0.3) is 11.8 Å². The van der Waals surface area contributed by atoms with Crippen LogP contribution in [0.2, 0.25) is 0 Å². The first kappa shape index (κ1) is 24.9. The van der Waals surface area contributed by atoms with E-state index in [1.807, 2.05) is 18.7 Å². The number of nitrogens with two attached hydrogens (primary N) is 1. The van der Waals surface area contributed by atoms with Crippen LogP contribution in [-0.2, 0) is 4.79 Å². The van der Waals surface area contributed by atoms with Crippen LogP contribution in [0, 0.1) is 17.8 Å². The van der Waals surface area contributed by atoms with Crippen molar-refractivity contribution in [2.45, 2.75) is 63.8 Å². The van der Waals surface area contributed by atoms with E-state index < -0.39 is 17.8 Å². The van der Waals surface area contributed by atoms with Crippen molar-refractivity contribution in [3.05, 3.63) is 24.1 Å². The summed E-state index contributed by atoms with van der Waals surface area (Å²) < 4.78 is 38.9. The van der Waals surface area contributed by atoms with Crippen molar-refractivity contribution in [2.24, 2.45) is 23.5 Å². The molecule has 3 atom stereocenters. The molecule has 9 heteroatoms. The number of likely N-dealkylation sites (tertiary alicyclic amines) is 2. The molecule has 190 valence electrons. The minimum atomic E-state index is -2.45. The summed E-state index contributed by atoms with van der Waals surface area (Å²) in [7, 11) is 2.09. The highest BCUT2D eigenvalue weighted by atomic mass is 19.3. The summed E-state index contributed by atoms with van der Waals surface area (Å²) >= 11 is 0. The van der Waals surface area contributed by atoms with Gasteiger partial charge in [0.1, 0.15) is 5.92 Å². The molecule has 4 rings (SSSR count). The van der Waals surface area contributed by atoms with Crippen molar-refractivity contribution < 1.29 is 27.3 Å². The van der Waals surface area contributed by atoms with Gasteiger partial charge in [-0.25, -0.2) is 8.78 Å². The predicted molar refractivity (Wildman–Crippen MR) is 124 cm³/mol. The number of carbonyl (C=O) groups is 1. The Bertz CT molecular complexity index is 894. The summed E-state index contributed by atoms with van der Waals surface area (Å²) in [5.74, 6) is -2.11. The van der Waals surface area contributed by atoms with Crippen molar-refractivity contribution in [3.8, 4) is 5.88 Å². The normalized spacial score (nSPS) is 31.5. The molecular formula is C25H39F2N4O3+. The first-order valence-electron chi connectivity index (χ1n) is 12.5. The van der Waals surface area contributed by atoms with Crippen molar-refractivity contribution in [1.82, 2.24) is 10.1 Å². The molecule has 0 radical (unpaired) electrons. The Morgan fingerprint density at radius 2 is 2.06 bits per heavy atom. The lowest BCUT2D eigenvalue weighted by molar-refractivity contribution is -0.917. The monoisotopic (exact) mass is 481 g/mol. The van der Waals surface area contributed by atoms with Crippen LogP contribution in [0.15, 0.2) is 22.9 Å². The highest BCUT2D eigenvalue weighted by Gasteiger charge is 2.60. The molecule has 0 bridgehead atoms. The number of hydrogen-bond acceptors (Lipinski definition) is 5. The standard InChI is InChI=1S/C25H39F2N4O3/c1-16(2)23(24(32)30-9-5-6-20(30)17(3)28)21-12-22(29-34-21)33-15-18-7-10-31(4,11-8-18)14-19-13-25(19,26)27/h12,16,18-20,23H,3,5-11,13-15,28H2,1-2,4H3/q+1. The minimum absolute atomic E-state index is 0.0163. The smallest absolute Gasteiger partial charge is 0.257 e. The molecule has 3 heterocycles. The highest BCUT2D eigenvalue weighted by Crippen LogP contribution is 2.50. The highest BCUT2D eigenvalue weighted by molar-refractivity contribution is 5.84. The third kappa shape index (κ3) is 5.39. The molecule has 3 unspecified atom stereocenters. The lowest BCUT2D eigenvalue weighted by Crippen LogP contribution is -2.51. The van der Waals surface area contributed by atoms with Gasteiger partial charge in [0, 0.05) is 43.5 Å². The molecule has 1 amide bonds. The second-order valence-corrected chi connectivity index (χ2v) is 11.2. The maximum Gasteiger partial charge on any atom is 0.257 e. The molecule has 1 aromatic heterocycles. The summed E-state index contributed by atoms with van der Waals surface area (Å²) in [6.07, 6.45) is 3.66. The topological polar surface area (TPSA) is 81.6 Å². The lowest BCUT2D eigenvalue weighted by atomic mass is 9.91. The zero-order chi connectivity index (χ0) is 24.7. The molecule has 2 aliphatic heterocycles. The van der Waals surface area contributed by atoms with Gasteiger partial charge in [-0.1, -0.05) is 20.4 Å². The molecule has 3 aliphatic rings. The number of carbonyl (C=O) groups excluding carboxylic acids is 1. The van der Waals surface area contributed by atoms with E-state index in [1.54, 1.807) is 6.07 Å². The third-order valence-electron chi connectivity index (χ3n) is 7.95. The second kappa shape index (κ2) is 9.47. The van der Waals surface area contributed by atoms with Gasteiger partial charge in [-0.2, -0.15) is 0 Å².